The predicted molar refractivity (Wildman–Crippen MR) is 103 cm³/mol. The van der Waals surface area contributed by atoms with Crippen LogP contribution in [0.2, 0.25) is 5.02 Å². The summed E-state index contributed by atoms with van der Waals surface area (Å²) in [6.07, 6.45) is 1.05. The summed E-state index contributed by atoms with van der Waals surface area (Å²) in [5.74, 6) is -1.08. The van der Waals surface area contributed by atoms with Crippen molar-refractivity contribution in [1.82, 2.24) is 5.32 Å². The molecule has 3 atom stereocenters. The Morgan fingerprint density at radius 1 is 1.26 bits per heavy atom. The van der Waals surface area contributed by atoms with Crippen LogP contribution < -0.4 is 10.1 Å². The molecule has 1 fully saturated rings. The van der Waals surface area contributed by atoms with E-state index < -0.39 is 11.9 Å². The fourth-order valence-corrected chi connectivity index (χ4v) is 3.53. The highest BCUT2D eigenvalue weighted by atomic mass is 35.5. The summed E-state index contributed by atoms with van der Waals surface area (Å²) in [7, 11) is 1.56. The van der Waals surface area contributed by atoms with E-state index in [0.29, 0.717) is 17.2 Å². The number of rotatable bonds is 8. The van der Waals surface area contributed by atoms with Crippen molar-refractivity contribution in [2.75, 3.05) is 13.7 Å². The van der Waals surface area contributed by atoms with Gasteiger partial charge >= 0.3 is 5.97 Å². The van der Waals surface area contributed by atoms with Crippen molar-refractivity contribution < 1.29 is 19.4 Å². The number of para-hydroxylation sites is 1. The van der Waals surface area contributed by atoms with Gasteiger partial charge in [-0.15, -0.1) is 0 Å². The van der Waals surface area contributed by atoms with Crippen LogP contribution in [0.25, 0.3) is 0 Å². The smallest absolute Gasteiger partial charge is 0.308 e. The average molecular weight is 388 g/mol. The zero-order valence-electron chi connectivity index (χ0n) is 15.0. The van der Waals surface area contributed by atoms with Gasteiger partial charge in [-0.2, -0.15) is 0 Å². The molecular weight excluding hydrogens is 366 g/mol. The summed E-state index contributed by atoms with van der Waals surface area (Å²) in [6.45, 7) is 0.0883. The third-order valence-electron chi connectivity index (χ3n) is 4.93. The fourth-order valence-electron chi connectivity index (χ4n) is 3.33. The monoisotopic (exact) mass is 387 g/mol. The second kappa shape index (κ2) is 8.44. The number of ether oxygens (including phenoxy) is 1. The van der Waals surface area contributed by atoms with Gasteiger partial charge < -0.3 is 15.2 Å². The largest absolute Gasteiger partial charge is 0.496 e. The van der Waals surface area contributed by atoms with Crippen LogP contribution in [-0.4, -0.2) is 30.6 Å². The minimum absolute atomic E-state index is 0.0883. The molecule has 6 heteroatoms. The van der Waals surface area contributed by atoms with Crippen molar-refractivity contribution in [1.29, 1.82) is 0 Å². The number of amides is 1. The highest BCUT2D eigenvalue weighted by Gasteiger charge is 2.44. The molecule has 142 valence electrons. The van der Waals surface area contributed by atoms with Gasteiger partial charge in [0, 0.05) is 17.5 Å². The van der Waals surface area contributed by atoms with Crippen molar-refractivity contribution in [3.05, 3.63) is 64.7 Å². The van der Waals surface area contributed by atoms with E-state index in [1.807, 2.05) is 36.4 Å². The first-order chi connectivity index (χ1) is 13.0. The van der Waals surface area contributed by atoms with Crippen LogP contribution in [0, 0.1) is 11.8 Å². The summed E-state index contributed by atoms with van der Waals surface area (Å²) in [4.78, 5) is 24.0. The maximum Gasteiger partial charge on any atom is 0.308 e. The molecule has 5 nitrogen and oxygen atoms in total. The number of methoxy groups -OCH3 is 1. The van der Waals surface area contributed by atoms with E-state index in [2.05, 4.69) is 5.32 Å². The standard InChI is InChI=1S/C21H22ClNO4/c1-27-19-8-3-2-5-14(19)9-15(21(25)26)12-23-20(24)18-11-17(18)13-6-4-7-16(22)10-13/h2-8,10,15,17-18H,9,11-12H2,1H3,(H,23,24)(H,25,26). The van der Waals surface area contributed by atoms with Crippen molar-refractivity contribution >= 4 is 23.5 Å². The van der Waals surface area contributed by atoms with Gasteiger partial charge in [0.25, 0.3) is 0 Å². The number of nitrogens with one attached hydrogen (secondary N) is 1. The molecule has 0 heterocycles. The number of carboxylic acid groups (broad SMARTS) is 1. The van der Waals surface area contributed by atoms with Crippen LogP contribution in [0.15, 0.2) is 48.5 Å². The van der Waals surface area contributed by atoms with Gasteiger partial charge in [0.05, 0.1) is 13.0 Å². The maximum atomic E-state index is 12.4. The van der Waals surface area contributed by atoms with E-state index in [1.54, 1.807) is 19.2 Å². The molecular formula is C21H22ClNO4. The first kappa shape index (κ1) is 19.2. The molecule has 2 aromatic rings. The van der Waals surface area contributed by atoms with Gasteiger partial charge in [-0.25, -0.2) is 0 Å². The van der Waals surface area contributed by atoms with Gasteiger partial charge in [-0.1, -0.05) is 41.9 Å². The van der Waals surface area contributed by atoms with Crippen molar-refractivity contribution in [3.63, 3.8) is 0 Å². The SMILES string of the molecule is COc1ccccc1CC(CNC(=O)C1CC1c1cccc(Cl)c1)C(=O)O. The molecule has 3 unspecified atom stereocenters. The molecule has 2 N–H and O–H groups in total. The van der Waals surface area contributed by atoms with Crippen molar-refractivity contribution in [3.8, 4) is 5.75 Å². The highest BCUT2D eigenvalue weighted by molar-refractivity contribution is 6.30. The Morgan fingerprint density at radius 2 is 2.04 bits per heavy atom. The van der Waals surface area contributed by atoms with E-state index in [0.717, 1.165) is 17.5 Å². The lowest BCUT2D eigenvalue weighted by molar-refractivity contribution is -0.141. The second-order valence-electron chi connectivity index (χ2n) is 6.80. The van der Waals surface area contributed by atoms with Crippen LogP contribution in [0.1, 0.15) is 23.5 Å². The third-order valence-corrected chi connectivity index (χ3v) is 5.17. The summed E-state index contributed by atoms with van der Waals surface area (Å²) < 4.78 is 5.28. The molecule has 3 rings (SSSR count). The van der Waals surface area contributed by atoms with E-state index in [9.17, 15) is 14.7 Å². The van der Waals surface area contributed by atoms with Gasteiger partial charge in [-0.05, 0) is 48.1 Å². The first-order valence-electron chi connectivity index (χ1n) is 8.87. The lowest BCUT2D eigenvalue weighted by atomic mass is 9.98. The summed E-state index contributed by atoms with van der Waals surface area (Å²) >= 11 is 6.01. The van der Waals surface area contributed by atoms with E-state index in [4.69, 9.17) is 16.3 Å². The van der Waals surface area contributed by atoms with Gasteiger partial charge in [0.2, 0.25) is 5.91 Å². The Bertz CT molecular complexity index is 838. The molecule has 0 radical (unpaired) electrons. The summed E-state index contributed by atoms with van der Waals surface area (Å²) in [5.41, 5.74) is 1.86. The molecule has 2 aromatic carbocycles. The van der Waals surface area contributed by atoms with E-state index >= 15 is 0 Å². The minimum Gasteiger partial charge on any atom is -0.496 e. The Balaban J connectivity index is 1.57. The Kier molecular flexibility index (Phi) is 6.01. The molecule has 1 aliphatic rings. The quantitative estimate of drug-likeness (QED) is 0.726. The van der Waals surface area contributed by atoms with Gasteiger partial charge in [0.15, 0.2) is 0 Å². The first-order valence-corrected chi connectivity index (χ1v) is 9.25. The Hall–Kier alpha value is -2.53. The average Bonchev–Trinajstić information content (AvgIpc) is 3.46. The molecule has 27 heavy (non-hydrogen) atoms. The van der Waals surface area contributed by atoms with E-state index in [-0.39, 0.29) is 24.3 Å². The maximum absolute atomic E-state index is 12.4. The molecule has 1 saturated carbocycles. The van der Waals surface area contributed by atoms with Gasteiger partial charge in [-0.3, -0.25) is 9.59 Å². The third kappa shape index (κ3) is 4.80. The van der Waals surface area contributed by atoms with Crippen molar-refractivity contribution in [2.45, 2.75) is 18.8 Å². The number of carboxylic acids is 1. The molecule has 1 aliphatic carbocycles. The van der Waals surface area contributed by atoms with Crippen molar-refractivity contribution in [2.24, 2.45) is 11.8 Å². The van der Waals surface area contributed by atoms with Gasteiger partial charge in [0.1, 0.15) is 5.75 Å². The minimum atomic E-state index is -0.941. The molecule has 1 amide bonds. The number of hydrogen-bond acceptors (Lipinski definition) is 3. The summed E-state index contributed by atoms with van der Waals surface area (Å²) in [5, 5.41) is 13.0. The fraction of sp³-hybridized carbons (Fsp3) is 0.333. The highest BCUT2D eigenvalue weighted by Crippen LogP contribution is 2.47. The zero-order valence-corrected chi connectivity index (χ0v) is 15.8. The number of aliphatic carboxylic acids is 1. The molecule has 0 bridgehead atoms. The van der Waals surface area contributed by atoms with Crippen LogP contribution in [-0.2, 0) is 16.0 Å². The van der Waals surface area contributed by atoms with Crippen LogP contribution in [0.3, 0.4) is 0 Å². The van der Waals surface area contributed by atoms with Crippen LogP contribution in [0.4, 0.5) is 0 Å². The lowest BCUT2D eigenvalue weighted by Gasteiger charge is -2.15. The normalized spacial score (nSPS) is 19.2. The predicted octanol–water partition coefficient (Wildman–Crippen LogP) is 3.51. The van der Waals surface area contributed by atoms with E-state index in [1.165, 1.54) is 0 Å². The molecule has 0 spiro atoms. The second-order valence-corrected chi connectivity index (χ2v) is 7.24. The number of benzene rings is 2. The number of carbonyl (C=O) groups excluding carboxylic acids is 1. The Labute approximate surface area is 163 Å². The Morgan fingerprint density at radius 3 is 2.74 bits per heavy atom. The van der Waals surface area contributed by atoms with Crippen LogP contribution >= 0.6 is 11.6 Å². The molecule has 0 aliphatic heterocycles. The zero-order chi connectivity index (χ0) is 19.4. The molecule has 0 aromatic heterocycles. The number of hydrogen-bond donors (Lipinski definition) is 2. The number of carbonyl (C=O) groups is 2. The number of halogens is 1. The summed E-state index contributed by atoms with van der Waals surface area (Å²) in [6, 6.07) is 14.8. The topological polar surface area (TPSA) is 75.6 Å². The molecule has 0 saturated heterocycles. The van der Waals surface area contributed by atoms with Crippen LogP contribution in [0.5, 0.6) is 5.75 Å². The lowest BCUT2D eigenvalue weighted by Crippen LogP contribution is -2.35.